The standard InChI is InChI=1S/C20H21F2NO5/c1-12(20(25)23-14-6-7-15(21)16(22)11-14)28-19(24)9-5-13-4-8-17(26-2)18(10-13)27-3/h4,6-8,10-12H,5,9H2,1-3H3,(H,23,25)/t12-/m0/s1. The van der Waals surface area contributed by atoms with Crippen molar-refractivity contribution < 1.29 is 32.6 Å². The van der Waals surface area contributed by atoms with E-state index in [-0.39, 0.29) is 12.1 Å². The van der Waals surface area contributed by atoms with E-state index in [4.69, 9.17) is 14.2 Å². The second-order valence-electron chi connectivity index (χ2n) is 5.94. The highest BCUT2D eigenvalue weighted by Gasteiger charge is 2.18. The zero-order chi connectivity index (χ0) is 20.7. The number of halogens is 2. The summed E-state index contributed by atoms with van der Waals surface area (Å²) in [5.74, 6) is -2.19. The second-order valence-corrected chi connectivity index (χ2v) is 5.94. The lowest BCUT2D eigenvalue weighted by atomic mass is 10.1. The number of methoxy groups -OCH3 is 2. The highest BCUT2D eigenvalue weighted by Crippen LogP contribution is 2.28. The topological polar surface area (TPSA) is 73.9 Å². The highest BCUT2D eigenvalue weighted by molar-refractivity contribution is 5.95. The van der Waals surface area contributed by atoms with Gasteiger partial charge >= 0.3 is 5.97 Å². The third-order valence-corrected chi connectivity index (χ3v) is 3.93. The van der Waals surface area contributed by atoms with E-state index in [1.807, 2.05) is 0 Å². The van der Waals surface area contributed by atoms with Gasteiger partial charge in [0.15, 0.2) is 29.2 Å². The molecule has 0 aromatic heterocycles. The van der Waals surface area contributed by atoms with Crippen LogP contribution in [-0.2, 0) is 20.7 Å². The van der Waals surface area contributed by atoms with Crippen molar-refractivity contribution in [3.8, 4) is 11.5 Å². The maximum absolute atomic E-state index is 13.2. The number of hydrogen-bond acceptors (Lipinski definition) is 5. The lowest BCUT2D eigenvalue weighted by Crippen LogP contribution is -2.30. The summed E-state index contributed by atoms with van der Waals surface area (Å²) in [4.78, 5) is 24.0. The van der Waals surface area contributed by atoms with Gasteiger partial charge in [-0.1, -0.05) is 6.07 Å². The predicted octanol–water partition coefficient (Wildman–Crippen LogP) is 3.49. The highest BCUT2D eigenvalue weighted by atomic mass is 19.2. The van der Waals surface area contributed by atoms with Gasteiger partial charge in [0.25, 0.3) is 5.91 Å². The van der Waals surface area contributed by atoms with Gasteiger partial charge in [0.2, 0.25) is 0 Å². The first-order valence-corrected chi connectivity index (χ1v) is 8.50. The summed E-state index contributed by atoms with van der Waals surface area (Å²) >= 11 is 0. The smallest absolute Gasteiger partial charge is 0.306 e. The van der Waals surface area contributed by atoms with Crippen molar-refractivity contribution in [1.29, 1.82) is 0 Å². The molecular weight excluding hydrogens is 372 g/mol. The van der Waals surface area contributed by atoms with Crippen molar-refractivity contribution in [3.63, 3.8) is 0 Å². The molecule has 0 fully saturated rings. The summed E-state index contributed by atoms with van der Waals surface area (Å²) in [6.07, 6.45) is -0.652. The van der Waals surface area contributed by atoms with Crippen molar-refractivity contribution in [2.24, 2.45) is 0 Å². The van der Waals surface area contributed by atoms with Crippen LogP contribution < -0.4 is 14.8 Å². The first-order valence-electron chi connectivity index (χ1n) is 8.50. The van der Waals surface area contributed by atoms with Crippen LogP contribution in [0.1, 0.15) is 18.9 Å². The van der Waals surface area contributed by atoms with Crippen LogP contribution in [0.4, 0.5) is 14.5 Å². The zero-order valence-corrected chi connectivity index (χ0v) is 15.8. The van der Waals surface area contributed by atoms with E-state index in [0.29, 0.717) is 17.9 Å². The fourth-order valence-corrected chi connectivity index (χ4v) is 2.41. The Morgan fingerprint density at radius 3 is 2.36 bits per heavy atom. The summed E-state index contributed by atoms with van der Waals surface area (Å²) in [5.41, 5.74) is 0.908. The first-order chi connectivity index (χ1) is 13.3. The number of esters is 1. The van der Waals surface area contributed by atoms with Crippen molar-refractivity contribution in [2.75, 3.05) is 19.5 Å². The molecule has 0 heterocycles. The van der Waals surface area contributed by atoms with Gasteiger partial charge in [-0.05, 0) is 43.2 Å². The third kappa shape index (κ3) is 5.67. The van der Waals surface area contributed by atoms with Crippen molar-refractivity contribution in [2.45, 2.75) is 25.9 Å². The minimum absolute atomic E-state index is 0.0538. The lowest BCUT2D eigenvalue weighted by Gasteiger charge is -2.14. The Balaban J connectivity index is 1.86. The lowest BCUT2D eigenvalue weighted by molar-refractivity contribution is -0.153. The third-order valence-electron chi connectivity index (χ3n) is 3.93. The molecule has 0 aliphatic rings. The molecule has 0 saturated carbocycles. The fraction of sp³-hybridized carbons (Fsp3) is 0.300. The molecule has 2 aromatic rings. The second kappa shape index (κ2) is 9.68. The summed E-state index contributed by atoms with van der Waals surface area (Å²) in [7, 11) is 3.05. The van der Waals surface area contributed by atoms with E-state index < -0.39 is 29.6 Å². The molecule has 28 heavy (non-hydrogen) atoms. The van der Waals surface area contributed by atoms with Gasteiger partial charge < -0.3 is 19.5 Å². The number of benzene rings is 2. The van der Waals surface area contributed by atoms with Crippen LogP contribution >= 0.6 is 0 Å². The van der Waals surface area contributed by atoms with Crippen molar-refractivity contribution in [1.82, 2.24) is 0 Å². The van der Waals surface area contributed by atoms with Gasteiger partial charge in [0.1, 0.15) is 0 Å². The maximum Gasteiger partial charge on any atom is 0.306 e. The van der Waals surface area contributed by atoms with Crippen LogP contribution in [0.3, 0.4) is 0 Å². The molecule has 1 N–H and O–H groups in total. The van der Waals surface area contributed by atoms with E-state index >= 15 is 0 Å². The van der Waals surface area contributed by atoms with Crippen molar-refractivity contribution in [3.05, 3.63) is 53.6 Å². The Labute approximate surface area is 161 Å². The van der Waals surface area contributed by atoms with E-state index in [2.05, 4.69) is 5.32 Å². The zero-order valence-electron chi connectivity index (χ0n) is 15.8. The molecule has 0 saturated heterocycles. The maximum atomic E-state index is 13.2. The molecule has 0 aliphatic heterocycles. The van der Waals surface area contributed by atoms with Gasteiger partial charge in [0, 0.05) is 18.2 Å². The SMILES string of the molecule is COc1ccc(CCC(=O)O[C@@H](C)C(=O)Nc2ccc(F)c(F)c2)cc1OC. The molecule has 8 heteroatoms. The van der Waals surface area contributed by atoms with Crippen LogP contribution in [-0.4, -0.2) is 32.2 Å². The molecule has 1 atom stereocenters. The number of amides is 1. The molecule has 0 bridgehead atoms. The largest absolute Gasteiger partial charge is 0.493 e. The number of anilines is 1. The summed E-state index contributed by atoms with van der Waals surface area (Å²) < 4.78 is 41.5. The number of carbonyl (C=O) groups excluding carboxylic acids is 2. The molecule has 2 aromatic carbocycles. The van der Waals surface area contributed by atoms with Gasteiger partial charge in [-0.3, -0.25) is 9.59 Å². The predicted molar refractivity (Wildman–Crippen MR) is 98.4 cm³/mol. The van der Waals surface area contributed by atoms with Crippen LogP contribution in [0.15, 0.2) is 36.4 Å². The molecule has 0 aliphatic carbocycles. The van der Waals surface area contributed by atoms with Crippen LogP contribution in [0.5, 0.6) is 11.5 Å². The number of rotatable bonds is 8. The number of ether oxygens (including phenoxy) is 3. The van der Waals surface area contributed by atoms with Crippen LogP contribution in [0.25, 0.3) is 0 Å². The van der Waals surface area contributed by atoms with Gasteiger partial charge in [0.05, 0.1) is 14.2 Å². The van der Waals surface area contributed by atoms with Gasteiger partial charge in [-0.15, -0.1) is 0 Å². The number of nitrogens with one attached hydrogen (secondary N) is 1. The summed E-state index contributed by atoms with van der Waals surface area (Å²) in [6.45, 7) is 1.39. The molecule has 6 nitrogen and oxygen atoms in total. The Hall–Kier alpha value is -3.16. The van der Waals surface area contributed by atoms with E-state index in [9.17, 15) is 18.4 Å². The van der Waals surface area contributed by atoms with E-state index in [0.717, 1.165) is 17.7 Å². The first kappa shape index (κ1) is 21.1. The minimum Gasteiger partial charge on any atom is -0.493 e. The monoisotopic (exact) mass is 393 g/mol. The molecule has 1 amide bonds. The quantitative estimate of drug-likeness (QED) is 0.695. The van der Waals surface area contributed by atoms with Crippen LogP contribution in [0.2, 0.25) is 0 Å². The Morgan fingerprint density at radius 2 is 1.71 bits per heavy atom. The van der Waals surface area contributed by atoms with Crippen LogP contribution in [0, 0.1) is 11.6 Å². The average molecular weight is 393 g/mol. The molecule has 0 spiro atoms. The average Bonchev–Trinajstić information content (AvgIpc) is 2.68. The molecule has 0 unspecified atom stereocenters. The molecular formula is C20H21F2NO5. The van der Waals surface area contributed by atoms with E-state index in [1.54, 1.807) is 18.2 Å². The van der Waals surface area contributed by atoms with E-state index in [1.165, 1.54) is 27.2 Å². The van der Waals surface area contributed by atoms with Crippen molar-refractivity contribution >= 4 is 17.6 Å². The fourth-order valence-electron chi connectivity index (χ4n) is 2.41. The normalized spacial score (nSPS) is 11.5. The number of carbonyl (C=O) groups is 2. The molecule has 2 rings (SSSR count). The molecule has 150 valence electrons. The summed E-state index contributed by atoms with van der Waals surface area (Å²) in [5, 5.41) is 2.36. The number of aryl methyl sites for hydroxylation is 1. The van der Waals surface area contributed by atoms with Gasteiger partial charge in [-0.25, -0.2) is 8.78 Å². The Bertz CT molecular complexity index is 856. The molecule has 0 radical (unpaired) electrons. The Morgan fingerprint density at radius 1 is 1.00 bits per heavy atom. The minimum atomic E-state index is -1.09. The number of hydrogen-bond donors (Lipinski definition) is 1. The van der Waals surface area contributed by atoms with Gasteiger partial charge in [-0.2, -0.15) is 0 Å². The Kier molecular flexibility index (Phi) is 7.31. The summed E-state index contributed by atoms with van der Waals surface area (Å²) in [6, 6.07) is 8.24.